The van der Waals surface area contributed by atoms with Crippen LogP contribution >= 0.6 is 0 Å². The van der Waals surface area contributed by atoms with Crippen LogP contribution in [0.5, 0.6) is 11.5 Å². The molecule has 1 aliphatic rings. The number of methoxy groups -OCH3 is 2. The van der Waals surface area contributed by atoms with Gasteiger partial charge in [-0.25, -0.2) is 9.69 Å². The van der Waals surface area contributed by atoms with Gasteiger partial charge in [-0.15, -0.1) is 0 Å². The fourth-order valence-corrected chi connectivity index (χ4v) is 7.55. The molecule has 0 aromatic heterocycles. The lowest BCUT2D eigenvalue weighted by Gasteiger charge is -2.39. The average molecular weight is 572 g/mol. The second-order valence-corrected chi connectivity index (χ2v) is 16.2. The van der Waals surface area contributed by atoms with E-state index in [4.69, 9.17) is 14.2 Å². The first-order valence-electron chi connectivity index (χ1n) is 14.0. The number of benzene rings is 3. The maximum atomic E-state index is 14.0. The van der Waals surface area contributed by atoms with Gasteiger partial charge in [0.25, 0.3) is 5.91 Å². The molecule has 0 spiro atoms. The number of nitrogens with zero attached hydrogens (tertiary/aromatic N) is 1. The minimum Gasteiger partial charge on any atom is -0.496 e. The summed E-state index contributed by atoms with van der Waals surface area (Å²) in [6, 6.07) is 19.3. The molecule has 0 saturated carbocycles. The summed E-state index contributed by atoms with van der Waals surface area (Å²) in [6.45, 7) is 14.4. The lowest BCUT2D eigenvalue weighted by molar-refractivity contribution is -0.125. The summed E-state index contributed by atoms with van der Waals surface area (Å²) in [5, 5.41) is 1.21. The van der Waals surface area contributed by atoms with Crippen molar-refractivity contribution < 1.29 is 23.8 Å². The molecule has 0 unspecified atom stereocenters. The second kappa shape index (κ2) is 11.6. The van der Waals surface area contributed by atoms with Crippen molar-refractivity contribution in [3.63, 3.8) is 0 Å². The van der Waals surface area contributed by atoms with Gasteiger partial charge < -0.3 is 14.2 Å². The van der Waals surface area contributed by atoms with Crippen molar-refractivity contribution in [3.05, 3.63) is 100 Å². The summed E-state index contributed by atoms with van der Waals surface area (Å²) in [5.74, 6) is 0.559. The van der Waals surface area contributed by atoms with Gasteiger partial charge in [-0.3, -0.25) is 4.79 Å². The van der Waals surface area contributed by atoms with Crippen molar-refractivity contribution in [2.75, 3.05) is 14.2 Å². The number of ether oxygens (including phenoxy) is 3. The summed E-state index contributed by atoms with van der Waals surface area (Å²) in [6.07, 6.45) is 0.861. The molecule has 3 aromatic carbocycles. The maximum absolute atomic E-state index is 14.0. The second-order valence-electron chi connectivity index (χ2n) is 11.8. The largest absolute Gasteiger partial charge is 0.496 e. The summed E-state index contributed by atoms with van der Waals surface area (Å²) in [4.78, 5) is 29.1. The molecule has 1 fully saturated rings. The smallest absolute Gasteiger partial charge is 0.418 e. The molecular weight excluding hydrogens is 530 g/mol. The molecule has 1 atom stereocenters. The van der Waals surface area contributed by atoms with Crippen molar-refractivity contribution >= 4 is 25.3 Å². The number of carbonyl (C=O) groups excluding carboxylic acids is 2. The van der Waals surface area contributed by atoms with Crippen LogP contribution in [0.3, 0.4) is 0 Å². The number of imide groups is 1. The van der Waals surface area contributed by atoms with E-state index in [0.717, 1.165) is 11.1 Å². The number of carbonyl (C=O) groups is 2. The first kappa shape index (κ1) is 30.1. The lowest BCUT2D eigenvalue weighted by atomic mass is 9.74. The summed E-state index contributed by atoms with van der Waals surface area (Å²) < 4.78 is 18.1. The van der Waals surface area contributed by atoms with Gasteiger partial charge in [0, 0.05) is 11.1 Å². The van der Waals surface area contributed by atoms with Crippen LogP contribution < -0.4 is 14.7 Å². The standard InChI is InChI=1S/C34H41NO5Si/c1-22(2)32-34(27-20-24(4)12-16-29(27)38-6,28-21-25(5)13-17-30(28)39-7)40-33(37)35(32)31(36)18-19-41(8,9)26-14-10-23(3)11-15-26/h10-22,32H,1-9H3/b19-18+/t32-/m0/s1. The number of rotatable bonds is 8. The van der Waals surface area contributed by atoms with Crippen LogP contribution in [-0.2, 0) is 15.1 Å². The third-order valence-electron chi connectivity index (χ3n) is 7.96. The first-order chi connectivity index (χ1) is 19.3. The monoisotopic (exact) mass is 571 g/mol. The fraction of sp³-hybridized carbons (Fsp3) is 0.353. The zero-order chi connectivity index (χ0) is 30.1. The molecule has 4 rings (SSSR count). The molecule has 0 aliphatic carbocycles. The van der Waals surface area contributed by atoms with Gasteiger partial charge in [0.2, 0.25) is 0 Å². The van der Waals surface area contributed by atoms with E-state index < -0.39 is 31.7 Å². The molecule has 2 amide bonds. The fourth-order valence-electron chi connectivity index (χ4n) is 5.77. The summed E-state index contributed by atoms with van der Waals surface area (Å²) in [5.41, 5.74) is 5.10. The Morgan fingerprint density at radius 2 is 1.37 bits per heavy atom. The van der Waals surface area contributed by atoms with Gasteiger partial charge in [-0.05, 0) is 57.0 Å². The first-order valence-corrected chi connectivity index (χ1v) is 17.1. The molecule has 1 aliphatic heterocycles. The molecule has 216 valence electrons. The van der Waals surface area contributed by atoms with Crippen LogP contribution in [0.15, 0.2) is 72.4 Å². The van der Waals surface area contributed by atoms with E-state index in [9.17, 15) is 9.59 Å². The van der Waals surface area contributed by atoms with Crippen LogP contribution in [0, 0.1) is 26.7 Å². The molecular formula is C34H41NO5Si. The van der Waals surface area contributed by atoms with Gasteiger partial charge in [0.05, 0.1) is 20.3 Å². The highest BCUT2D eigenvalue weighted by Gasteiger charge is 2.61. The van der Waals surface area contributed by atoms with E-state index in [-0.39, 0.29) is 5.92 Å². The van der Waals surface area contributed by atoms with Gasteiger partial charge in [-0.2, -0.15) is 0 Å². The zero-order valence-electron chi connectivity index (χ0n) is 25.6. The minimum absolute atomic E-state index is 0.170. The van der Waals surface area contributed by atoms with E-state index in [1.807, 2.05) is 69.8 Å². The van der Waals surface area contributed by atoms with Crippen LogP contribution in [0.25, 0.3) is 0 Å². The maximum Gasteiger partial charge on any atom is 0.418 e. The molecule has 1 heterocycles. The molecule has 41 heavy (non-hydrogen) atoms. The lowest BCUT2D eigenvalue weighted by Crippen LogP contribution is -2.50. The Balaban J connectivity index is 1.91. The van der Waals surface area contributed by atoms with E-state index in [1.54, 1.807) is 20.3 Å². The third-order valence-corrected chi connectivity index (χ3v) is 10.8. The van der Waals surface area contributed by atoms with Crippen LogP contribution in [0.1, 0.15) is 41.7 Å². The van der Waals surface area contributed by atoms with Crippen molar-refractivity contribution in [1.29, 1.82) is 0 Å². The number of hydrogen-bond acceptors (Lipinski definition) is 5. The Morgan fingerprint density at radius 1 is 0.878 bits per heavy atom. The number of amides is 2. The van der Waals surface area contributed by atoms with Crippen molar-refractivity contribution in [3.8, 4) is 11.5 Å². The Kier molecular flexibility index (Phi) is 8.50. The zero-order valence-corrected chi connectivity index (χ0v) is 26.6. The number of cyclic esters (lactones) is 1. The molecule has 0 N–H and O–H groups in total. The van der Waals surface area contributed by atoms with Crippen molar-refractivity contribution in [1.82, 2.24) is 4.90 Å². The van der Waals surface area contributed by atoms with Gasteiger partial charge in [0.15, 0.2) is 5.60 Å². The van der Waals surface area contributed by atoms with E-state index in [2.05, 4.69) is 44.3 Å². The summed E-state index contributed by atoms with van der Waals surface area (Å²) >= 11 is 0. The predicted octanol–water partition coefficient (Wildman–Crippen LogP) is 6.59. The van der Waals surface area contributed by atoms with E-state index >= 15 is 0 Å². The van der Waals surface area contributed by atoms with E-state index in [1.165, 1.54) is 15.7 Å². The molecule has 1 saturated heterocycles. The predicted molar refractivity (Wildman–Crippen MR) is 166 cm³/mol. The normalized spacial score (nSPS) is 16.8. The minimum atomic E-state index is -2.12. The highest BCUT2D eigenvalue weighted by Crippen LogP contribution is 2.52. The van der Waals surface area contributed by atoms with E-state index in [0.29, 0.717) is 22.6 Å². The Bertz CT molecular complexity index is 1420. The highest BCUT2D eigenvalue weighted by atomic mass is 28.3. The third kappa shape index (κ3) is 5.55. The molecule has 0 radical (unpaired) electrons. The van der Waals surface area contributed by atoms with Crippen molar-refractivity contribution in [2.24, 2.45) is 5.92 Å². The van der Waals surface area contributed by atoms with Gasteiger partial charge in [0.1, 0.15) is 19.6 Å². The highest BCUT2D eigenvalue weighted by molar-refractivity contribution is 6.94. The quantitative estimate of drug-likeness (QED) is 0.226. The van der Waals surface area contributed by atoms with Crippen LogP contribution in [0.4, 0.5) is 4.79 Å². The van der Waals surface area contributed by atoms with Crippen LogP contribution in [0.2, 0.25) is 13.1 Å². The Morgan fingerprint density at radius 3 is 1.83 bits per heavy atom. The molecule has 3 aromatic rings. The Labute approximate surface area is 244 Å². The SMILES string of the molecule is COc1ccc(C)cc1C1(c2cc(C)ccc2OC)OC(=O)N(C(=O)/C=C/[Si](C)(C)c2ccc(C)cc2)[C@H]1C(C)C. The topological polar surface area (TPSA) is 65.1 Å². The van der Waals surface area contributed by atoms with Crippen LogP contribution in [-0.4, -0.2) is 45.2 Å². The van der Waals surface area contributed by atoms with Crippen molar-refractivity contribution in [2.45, 2.75) is 59.4 Å². The average Bonchev–Trinajstić information content (AvgIpc) is 3.26. The summed E-state index contributed by atoms with van der Waals surface area (Å²) in [7, 11) is 1.08. The number of hydrogen-bond donors (Lipinski definition) is 0. The molecule has 6 nitrogen and oxygen atoms in total. The van der Waals surface area contributed by atoms with Gasteiger partial charge in [-0.1, -0.05) is 90.9 Å². The number of aryl methyl sites for hydroxylation is 3. The Hall–Kier alpha value is -3.84. The molecule has 0 bridgehead atoms. The van der Waals surface area contributed by atoms with Gasteiger partial charge >= 0.3 is 6.09 Å². The molecule has 7 heteroatoms.